The lowest BCUT2D eigenvalue weighted by Gasteiger charge is -2.11. The van der Waals surface area contributed by atoms with E-state index in [1.54, 1.807) is 24.3 Å². The minimum Gasteiger partial charge on any atom is -0.493 e. The highest BCUT2D eigenvalue weighted by molar-refractivity contribution is 6.36. The van der Waals surface area contributed by atoms with Gasteiger partial charge in [-0.25, -0.2) is 0 Å². The molecule has 0 aliphatic rings. The third kappa shape index (κ3) is 4.52. The molecule has 0 unspecified atom stereocenters. The second-order valence-electron chi connectivity index (χ2n) is 4.44. The van der Waals surface area contributed by atoms with Crippen LogP contribution in [0.3, 0.4) is 0 Å². The van der Waals surface area contributed by atoms with Crippen LogP contribution in [0.15, 0.2) is 36.4 Å². The number of rotatable bonds is 5. The van der Waals surface area contributed by atoms with E-state index in [0.29, 0.717) is 32.8 Å². The molecular weight excluding hydrogens is 339 g/mol. The summed E-state index contributed by atoms with van der Waals surface area (Å²) in [7, 11) is 1.46. The normalized spacial score (nSPS) is 9.83. The molecule has 0 saturated carbocycles. The summed E-state index contributed by atoms with van der Waals surface area (Å²) in [5.41, 5.74) is 0.878. The first-order valence-electron chi connectivity index (χ1n) is 6.49. The maximum absolute atomic E-state index is 11.9. The lowest BCUT2D eigenvalue weighted by molar-refractivity contribution is -0.118. The summed E-state index contributed by atoms with van der Waals surface area (Å²) in [6.07, 6.45) is 0. The van der Waals surface area contributed by atoms with Gasteiger partial charge in [-0.05, 0) is 30.3 Å². The number of carbonyl (C=O) groups excluding carboxylic acids is 1. The highest BCUT2D eigenvalue weighted by Gasteiger charge is 2.10. The fourth-order valence-electron chi connectivity index (χ4n) is 1.78. The number of nitriles is 1. The summed E-state index contributed by atoms with van der Waals surface area (Å²) in [5, 5.41) is 12.3. The minimum atomic E-state index is -0.388. The molecule has 0 atom stereocenters. The van der Waals surface area contributed by atoms with Crippen molar-refractivity contribution in [2.24, 2.45) is 0 Å². The van der Waals surface area contributed by atoms with E-state index in [1.807, 2.05) is 6.07 Å². The van der Waals surface area contributed by atoms with Crippen LogP contribution in [-0.2, 0) is 4.79 Å². The quantitative estimate of drug-likeness (QED) is 0.887. The molecule has 0 aliphatic heterocycles. The van der Waals surface area contributed by atoms with Gasteiger partial charge in [-0.3, -0.25) is 4.79 Å². The van der Waals surface area contributed by atoms with Gasteiger partial charge in [0.15, 0.2) is 18.1 Å². The van der Waals surface area contributed by atoms with Crippen molar-refractivity contribution in [1.82, 2.24) is 0 Å². The van der Waals surface area contributed by atoms with Gasteiger partial charge in [0, 0.05) is 11.1 Å². The van der Waals surface area contributed by atoms with Gasteiger partial charge in [0.2, 0.25) is 0 Å². The largest absolute Gasteiger partial charge is 0.493 e. The first kappa shape index (κ1) is 16.9. The molecule has 0 radical (unpaired) electrons. The minimum absolute atomic E-state index is 0.235. The molecule has 1 N–H and O–H groups in total. The second-order valence-corrected chi connectivity index (χ2v) is 5.28. The van der Waals surface area contributed by atoms with Crippen LogP contribution in [0, 0.1) is 11.3 Å². The molecule has 2 aromatic rings. The van der Waals surface area contributed by atoms with Gasteiger partial charge in [0.25, 0.3) is 5.91 Å². The van der Waals surface area contributed by atoms with Crippen LogP contribution in [0.5, 0.6) is 11.5 Å². The van der Waals surface area contributed by atoms with Crippen LogP contribution in [0.2, 0.25) is 10.0 Å². The molecule has 0 spiro atoms. The number of ether oxygens (including phenoxy) is 2. The predicted molar refractivity (Wildman–Crippen MR) is 88.3 cm³/mol. The lowest BCUT2D eigenvalue weighted by atomic mass is 10.2. The summed E-state index contributed by atoms with van der Waals surface area (Å²) >= 11 is 11.8. The number of hydrogen-bond donors (Lipinski definition) is 1. The van der Waals surface area contributed by atoms with Gasteiger partial charge in [-0.2, -0.15) is 5.26 Å². The number of methoxy groups -OCH3 is 1. The SMILES string of the molecule is COc1cc(C#N)ccc1OCC(=O)Nc1ccc(Cl)cc1Cl. The van der Waals surface area contributed by atoms with E-state index < -0.39 is 0 Å². The molecule has 0 aliphatic carbocycles. The Morgan fingerprint density at radius 1 is 1.22 bits per heavy atom. The monoisotopic (exact) mass is 350 g/mol. The van der Waals surface area contributed by atoms with Gasteiger partial charge in [-0.1, -0.05) is 23.2 Å². The number of benzene rings is 2. The summed E-state index contributed by atoms with van der Waals surface area (Å²) in [5.74, 6) is 0.353. The summed E-state index contributed by atoms with van der Waals surface area (Å²) in [6.45, 7) is -0.235. The highest BCUT2D eigenvalue weighted by Crippen LogP contribution is 2.28. The number of hydrogen-bond acceptors (Lipinski definition) is 4. The summed E-state index contributed by atoms with van der Waals surface area (Å²) < 4.78 is 10.5. The summed E-state index contributed by atoms with van der Waals surface area (Å²) in [6, 6.07) is 11.4. The third-order valence-corrected chi connectivity index (χ3v) is 3.40. The standard InChI is InChI=1S/C16H12Cl2N2O3/c1-22-15-6-10(8-19)2-5-14(15)23-9-16(21)20-13-4-3-11(17)7-12(13)18/h2-7H,9H2,1H3,(H,20,21). The Hall–Kier alpha value is -2.42. The second kappa shape index (κ2) is 7.73. The maximum Gasteiger partial charge on any atom is 0.262 e. The number of nitrogens with one attached hydrogen (secondary N) is 1. The number of nitrogens with zero attached hydrogens (tertiary/aromatic N) is 1. The van der Waals surface area contributed by atoms with Crippen LogP contribution in [-0.4, -0.2) is 19.6 Å². The van der Waals surface area contributed by atoms with E-state index in [2.05, 4.69) is 5.32 Å². The molecule has 23 heavy (non-hydrogen) atoms. The van der Waals surface area contributed by atoms with Crippen LogP contribution in [0.4, 0.5) is 5.69 Å². The lowest BCUT2D eigenvalue weighted by Crippen LogP contribution is -2.20. The molecule has 0 heterocycles. The zero-order valence-corrected chi connectivity index (χ0v) is 13.6. The number of carbonyl (C=O) groups is 1. The van der Waals surface area contributed by atoms with Crippen molar-refractivity contribution in [2.45, 2.75) is 0 Å². The van der Waals surface area contributed by atoms with E-state index in [1.165, 1.54) is 19.2 Å². The molecule has 1 amide bonds. The van der Waals surface area contributed by atoms with Gasteiger partial charge < -0.3 is 14.8 Å². The number of halogens is 2. The van der Waals surface area contributed by atoms with Crippen LogP contribution >= 0.6 is 23.2 Å². The first-order valence-corrected chi connectivity index (χ1v) is 7.25. The van der Waals surface area contributed by atoms with E-state index >= 15 is 0 Å². The first-order chi connectivity index (χ1) is 11.0. The van der Waals surface area contributed by atoms with Gasteiger partial charge in [0.1, 0.15) is 0 Å². The van der Waals surface area contributed by atoms with E-state index in [-0.39, 0.29) is 12.5 Å². The average Bonchev–Trinajstić information content (AvgIpc) is 2.55. The van der Waals surface area contributed by atoms with E-state index in [9.17, 15) is 4.79 Å². The summed E-state index contributed by atoms with van der Waals surface area (Å²) in [4.78, 5) is 11.9. The van der Waals surface area contributed by atoms with Crippen molar-refractivity contribution in [3.8, 4) is 17.6 Å². The predicted octanol–water partition coefficient (Wildman–Crippen LogP) is 3.89. The molecule has 5 nitrogen and oxygen atoms in total. The molecule has 2 aromatic carbocycles. The zero-order chi connectivity index (χ0) is 16.8. The van der Waals surface area contributed by atoms with E-state index in [0.717, 1.165) is 0 Å². The van der Waals surface area contributed by atoms with Gasteiger partial charge >= 0.3 is 0 Å². The van der Waals surface area contributed by atoms with E-state index in [4.69, 9.17) is 37.9 Å². The van der Waals surface area contributed by atoms with Crippen molar-refractivity contribution >= 4 is 34.8 Å². The topological polar surface area (TPSA) is 71.3 Å². The molecule has 0 bridgehead atoms. The molecule has 0 saturated heterocycles. The fourth-order valence-corrected chi connectivity index (χ4v) is 2.23. The van der Waals surface area contributed by atoms with Crippen molar-refractivity contribution < 1.29 is 14.3 Å². The smallest absolute Gasteiger partial charge is 0.262 e. The third-order valence-electron chi connectivity index (χ3n) is 2.86. The number of amides is 1. The Balaban J connectivity index is 2.00. The molecule has 0 aromatic heterocycles. The maximum atomic E-state index is 11.9. The van der Waals surface area contributed by atoms with Crippen LogP contribution in [0.1, 0.15) is 5.56 Å². The molecular formula is C16H12Cl2N2O3. The highest BCUT2D eigenvalue weighted by atomic mass is 35.5. The average molecular weight is 351 g/mol. The zero-order valence-electron chi connectivity index (χ0n) is 12.1. The van der Waals surface area contributed by atoms with Gasteiger partial charge in [-0.15, -0.1) is 0 Å². The Labute approximate surface area is 143 Å². The molecule has 2 rings (SSSR count). The van der Waals surface area contributed by atoms with Crippen molar-refractivity contribution in [3.05, 3.63) is 52.0 Å². The van der Waals surface area contributed by atoms with Crippen LogP contribution < -0.4 is 14.8 Å². The molecule has 0 fully saturated rings. The number of anilines is 1. The van der Waals surface area contributed by atoms with Crippen molar-refractivity contribution in [2.75, 3.05) is 19.0 Å². The Bertz CT molecular complexity index is 772. The van der Waals surface area contributed by atoms with Crippen LogP contribution in [0.25, 0.3) is 0 Å². The van der Waals surface area contributed by atoms with Gasteiger partial charge in [0.05, 0.1) is 29.5 Å². The Kier molecular flexibility index (Phi) is 5.69. The Morgan fingerprint density at radius 2 is 2.00 bits per heavy atom. The van der Waals surface area contributed by atoms with Crippen molar-refractivity contribution in [1.29, 1.82) is 5.26 Å². The molecule has 118 valence electrons. The Morgan fingerprint density at radius 3 is 2.65 bits per heavy atom. The fraction of sp³-hybridized carbons (Fsp3) is 0.125. The van der Waals surface area contributed by atoms with Crippen molar-refractivity contribution in [3.63, 3.8) is 0 Å². The molecule has 7 heteroatoms.